The smallest absolute Gasteiger partial charge is 0.407 e. The summed E-state index contributed by atoms with van der Waals surface area (Å²) in [5.74, 6) is -0.566. The zero-order valence-corrected chi connectivity index (χ0v) is 14.9. The van der Waals surface area contributed by atoms with Crippen LogP contribution < -0.4 is 5.32 Å². The van der Waals surface area contributed by atoms with E-state index in [0.29, 0.717) is 5.69 Å². The van der Waals surface area contributed by atoms with E-state index in [9.17, 15) is 9.59 Å². The fourth-order valence-electron chi connectivity index (χ4n) is 1.83. The van der Waals surface area contributed by atoms with Gasteiger partial charge in [0, 0.05) is 0 Å². The predicted octanol–water partition coefficient (Wildman–Crippen LogP) is 2.23. The molecule has 0 fully saturated rings. The van der Waals surface area contributed by atoms with Gasteiger partial charge in [-0.15, -0.1) is 5.10 Å². The molecule has 130 valence electrons. The van der Waals surface area contributed by atoms with Crippen molar-refractivity contribution in [3.05, 3.63) is 11.4 Å². The Balaban J connectivity index is 3.00. The Labute approximate surface area is 136 Å². The van der Waals surface area contributed by atoms with Crippen molar-refractivity contribution in [1.82, 2.24) is 20.3 Å². The van der Waals surface area contributed by atoms with Crippen molar-refractivity contribution in [3.8, 4) is 0 Å². The Bertz CT molecular complexity index is 567. The zero-order chi connectivity index (χ0) is 17.8. The lowest BCUT2D eigenvalue weighted by Gasteiger charge is -2.23. The number of ether oxygens (including phenoxy) is 2. The minimum atomic E-state index is -0.601. The first-order valence-corrected chi connectivity index (χ1v) is 7.54. The molecule has 1 N–H and O–H groups in total. The summed E-state index contributed by atoms with van der Waals surface area (Å²) in [5, 5.41) is 10.5. The quantitative estimate of drug-likeness (QED) is 0.853. The van der Waals surface area contributed by atoms with Gasteiger partial charge < -0.3 is 14.8 Å². The van der Waals surface area contributed by atoms with Gasteiger partial charge in [0.2, 0.25) is 0 Å². The molecule has 1 heterocycles. The highest BCUT2D eigenvalue weighted by Gasteiger charge is 2.27. The Morgan fingerprint density at radius 2 is 1.78 bits per heavy atom. The number of amides is 1. The van der Waals surface area contributed by atoms with Crippen LogP contribution in [0.1, 0.15) is 64.6 Å². The monoisotopic (exact) mass is 326 g/mol. The highest BCUT2D eigenvalue weighted by atomic mass is 16.6. The molecule has 8 nitrogen and oxygen atoms in total. The summed E-state index contributed by atoms with van der Waals surface area (Å²) in [4.78, 5) is 23.8. The van der Waals surface area contributed by atoms with Crippen LogP contribution in [0.4, 0.5) is 4.79 Å². The van der Waals surface area contributed by atoms with Crippen molar-refractivity contribution in [2.24, 2.45) is 0 Å². The van der Waals surface area contributed by atoms with Crippen LogP contribution in [0.2, 0.25) is 0 Å². The van der Waals surface area contributed by atoms with Crippen LogP contribution in [-0.2, 0) is 21.6 Å². The van der Waals surface area contributed by atoms with Crippen LogP contribution in [-0.4, -0.2) is 39.3 Å². The van der Waals surface area contributed by atoms with Gasteiger partial charge >= 0.3 is 12.1 Å². The molecule has 0 bridgehead atoms. The van der Waals surface area contributed by atoms with Crippen LogP contribution in [0.5, 0.6) is 0 Å². The maximum atomic E-state index is 12.0. The lowest BCUT2D eigenvalue weighted by molar-refractivity contribution is 0.0497. The topological polar surface area (TPSA) is 95.3 Å². The minimum absolute atomic E-state index is 0.0628. The van der Waals surface area contributed by atoms with E-state index in [1.807, 2.05) is 20.8 Å². The fourth-order valence-corrected chi connectivity index (χ4v) is 1.83. The van der Waals surface area contributed by atoms with Gasteiger partial charge in [0.25, 0.3) is 0 Å². The number of carbonyl (C=O) groups excluding carboxylic acids is 2. The fraction of sp³-hybridized carbons (Fsp3) is 0.733. The van der Waals surface area contributed by atoms with Crippen LogP contribution in [0.3, 0.4) is 0 Å². The zero-order valence-electron chi connectivity index (χ0n) is 14.9. The number of nitrogens with zero attached hydrogens (tertiary/aromatic N) is 3. The van der Waals surface area contributed by atoms with E-state index in [2.05, 4.69) is 15.6 Å². The lowest BCUT2D eigenvalue weighted by Crippen LogP contribution is -2.34. The van der Waals surface area contributed by atoms with Gasteiger partial charge in [0.05, 0.1) is 24.4 Å². The normalized spacial score (nSPS) is 12.0. The Kier molecular flexibility index (Phi) is 5.74. The third kappa shape index (κ3) is 5.54. The van der Waals surface area contributed by atoms with Gasteiger partial charge in [0.1, 0.15) is 5.60 Å². The second kappa shape index (κ2) is 6.97. The minimum Gasteiger partial charge on any atom is -0.461 e. The molecule has 0 saturated heterocycles. The molecule has 0 aliphatic rings. The average molecular weight is 326 g/mol. The van der Waals surface area contributed by atoms with E-state index in [-0.39, 0.29) is 18.8 Å². The molecule has 0 unspecified atom stereocenters. The van der Waals surface area contributed by atoms with Crippen LogP contribution in [0, 0.1) is 0 Å². The van der Waals surface area contributed by atoms with Crippen LogP contribution in [0.15, 0.2) is 0 Å². The van der Waals surface area contributed by atoms with Gasteiger partial charge in [-0.05, 0) is 48.5 Å². The third-order valence-electron chi connectivity index (χ3n) is 2.67. The van der Waals surface area contributed by atoms with Gasteiger partial charge in [0.15, 0.2) is 5.69 Å². The number of rotatable bonds is 4. The maximum absolute atomic E-state index is 12.0. The molecule has 1 amide bonds. The van der Waals surface area contributed by atoms with E-state index in [1.54, 1.807) is 32.4 Å². The summed E-state index contributed by atoms with van der Waals surface area (Å²) in [6.07, 6.45) is -0.575. The molecular weight excluding hydrogens is 300 g/mol. The van der Waals surface area contributed by atoms with Gasteiger partial charge in [-0.25, -0.2) is 14.3 Å². The lowest BCUT2D eigenvalue weighted by atomic mass is 10.1. The largest absolute Gasteiger partial charge is 0.461 e. The van der Waals surface area contributed by atoms with Crippen molar-refractivity contribution in [1.29, 1.82) is 0 Å². The molecule has 0 aliphatic carbocycles. The molecule has 1 aromatic heterocycles. The van der Waals surface area contributed by atoms with Gasteiger partial charge in [-0.2, -0.15) is 0 Å². The van der Waals surface area contributed by atoms with Crippen molar-refractivity contribution in [3.63, 3.8) is 0 Å². The second-order valence-corrected chi connectivity index (χ2v) is 7.04. The highest BCUT2D eigenvalue weighted by molar-refractivity contribution is 5.88. The molecule has 0 aromatic carbocycles. The molecule has 23 heavy (non-hydrogen) atoms. The van der Waals surface area contributed by atoms with E-state index in [0.717, 1.165) is 0 Å². The maximum Gasteiger partial charge on any atom is 0.407 e. The molecule has 0 radical (unpaired) electrons. The number of aromatic nitrogens is 3. The Morgan fingerprint density at radius 1 is 1.17 bits per heavy atom. The van der Waals surface area contributed by atoms with E-state index in [1.165, 1.54) is 0 Å². The number of hydrogen-bond acceptors (Lipinski definition) is 6. The summed E-state index contributed by atoms with van der Waals surface area (Å²) in [6.45, 7) is 13.1. The SMILES string of the molecule is CCOC(=O)c1nnn(C(C)(C)C)c1CNC(=O)OC(C)(C)C. The Hall–Kier alpha value is -2.12. The van der Waals surface area contributed by atoms with Crippen molar-refractivity contribution in [2.75, 3.05) is 6.61 Å². The highest BCUT2D eigenvalue weighted by Crippen LogP contribution is 2.18. The number of alkyl carbamates (subject to hydrolysis) is 1. The number of carbonyl (C=O) groups is 2. The molecule has 0 aliphatic heterocycles. The summed E-state index contributed by atoms with van der Waals surface area (Å²) in [6, 6.07) is 0. The summed E-state index contributed by atoms with van der Waals surface area (Å²) < 4.78 is 11.8. The van der Waals surface area contributed by atoms with Crippen LogP contribution >= 0.6 is 0 Å². The van der Waals surface area contributed by atoms with Crippen molar-refractivity contribution < 1.29 is 19.1 Å². The van der Waals surface area contributed by atoms with Gasteiger partial charge in [-0.1, -0.05) is 5.21 Å². The predicted molar refractivity (Wildman–Crippen MR) is 84.0 cm³/mol. The van der Waals surface area contributed by atoms with Crippen LogP contribution in [0.25, 0.3) is 0 Å². The Morgan fingerprint density at radius 3 is 2.26 bits per heavy atom. The third-order valence-corrected chi connectivity index (χ3v) is 2.67. The molecular formula is C15H26N4O4. The molecule has 0 atom stereocenters. The van der Waals surface area contributed by atoms with E-state index < -0.39 is 23.2 Å². The summed E-state index contributed by atoms with van der Waals surface area (Å²) in [7, 11) is 0. The van der Waals surface area contributed by atoms with E-state index >= 15 is 0 Å². The molecule has 1 rings (SSSR count). The number of esters is 1. The molecule has 1 aromatic rings. The first kappa shape index (κ1) is 18.9. The van der Waals surface area contributed by atoms with Crippen molar-refractivity contribution >= 4 is 12.1 Å². The number of hydrogen-bond donors (Lipinski definition) is 1. The molecule has 8 heteroatoms. The summed E-state index contributed by atoms with van der Waals surface area (Å²) >= 11 is 0. The average Bonchev–Trinajstić information content (AvgIpc) is 2.78. The standard InChI is InChI=1S/C15H26N4O4/c1-8-22-12(20)11-10(19(18-17-11)14(2,3)4)9-16-13(21)23-15(5,6)7/h8-9H2,1-7H3,(H,16,21). The summed E-state index contributed by atoms with van der Waals surface area (Å²) in [5.41, 5.74) is -0.432. The number of nitrogens with one attached hydrogen (secondary N) is 1. The molecule has 0 saturated carbocycles. The second-order valence-electron chi connectivity index (χ2n) is 7.04. The van der Waals surface area contributed by atoms with Crippen molar-refractivity contribution in [2.45, 2.75) is 66.2 Å². The molecule has 0 spiro atoms. The first-order chi connectivity index (χ1) is 10.5. The van der Waals surface area contributed by atoms with Gasteiger partial charge in [-0.3, -0.25) is 0 Å². The van der Waals surface area contributed by atoms with E-state index in [4.69, 9.17) is 9.47 Å². The first-order valence-electron chi connectivity index (χ1n) is 7.54.